The van der Waals surface area contributed by atoms with Gasteiger partial charge in [-0.3, -0.25) is 4.98 Å². The zero-order valence-electron chi connectivity index (χ0n) is 11.1. The van der Waals surface area contributed by atoms with Gasteiger partial charge in [-0.1, -0.05) is 24.3 Å². The zero-order valence-corrected chi connectivity index (χ0v) is 11.1. The average molecular weight is 240 g/mol. The summed E-state index contributed by atoms with van der Waals surface area (Å²) in [4.78, 5) is 6.31. The molecule has 0 radical (unpaired) electrons. The van der Waals surface area contributed by atoms with Crippen LogP contribution >= 0.6 is 0 Å². The first kappa shape index (κ1) is 12.8. The Morgan fingerprint density at radius 3 is 2.44 bits per heavy atom. The molecule has 2 nitrogen and oxygen atoms in total. The molecule has 1 aromatic carbocycles. The molecule has 0 fully saturated rings. The summed E-state index contributed by atoms with van der Waals surface area (Å²) in [6, 6.07) is 12.8. The molecule has 0 aliphatic heterocycles. The number of benzene rings is 1. The lowest BCUT2D eigenvalue weighted by molar-refractivity contribution is 0.400. The van der Waals surface area contributed by atoms with Crippen LogP contribution in [0.4, 0.5) is 0 Å². The van der Waals surface area contributed by atoms with Gasteiger partial charge >= 0.3 is 0 Å². The third kappa shape index (κ3) is 3.41. The normalized spacial score (nSPS) is 10.8. The van der Waals surface area contributed by atoms with Gasteiger partial charge in [0.15, 0.2) is 0 Å². The van der Waals surface area contributed by atoms with Crippen molar-refractivity contribution in [3.63, 3.8) is 0 Å². The summed E-state index contributed by atoms with van der Waals surface area (Å²) >= 11 is 0. The van der Waals surface area contributed by atoms with Crippen LogP contribution in [0.25, 0.3) is 11.1 Å². The summed E-state index contributed by atoms with van der Waals surface area (Å²) in [5, 5.41) is 0. The van der Waals surface area contributed by atoms with Gasteiger partial charge in [-0.15, -0.1) is 0 Å². The number of hydrogen-bond donors (Lipinski definition) is 0. The molecular formula is C16H20N2. The lowest BCUT2D eigenvalue weighted by Crippen LogP contribution is -2.13. The van der Waals surface area contributed by atoms with Crippen molar-refractivity contribution >= 4 is 0 Å². The predicted octanol–water partition coefficient (Wildman–Crippen LogP) is 3.24. The number of aryl methyl sites for hydroxylation is 1. The van der Waals surface area contributed by atoms with E-state index < -0.39 is 0 Å². The predicted molar refractivity (Wildman–Crippen MR) is 76.5 cm³/mol. The SMILES string of the molecule is CN(C)CCCc1ccccc1-c1ccncc1. The van der Waals surface area contributed by atoms with E-state index in [1.807, 2.05) is 12.4 Å². The van der Waals surface area contributed by atoms with Crippen LogP contribution in [0.1, 0.15) is 12.0 Å². The van der Waals surface area contributed by atoms with Crippen molar-refractivity contribution in [2.45, 2.75) is 12.8 Å². The van der Waals surface area contributed by atoms with Crippen LogP contribution in [-0.2, 0) is 6.42 Å². The van der Waals surface area contributed by atoms with Gasteiger partial charge in [0, 0.05) is 12.4 Å². The van der Waals surface area contributed by atoms with E-state index in [0.29, 0.717) is 0 Å². The second-order valence-electron chi connectivity index (χ2n) is 4.80. The Balaban J connectivity index is 2.16. The Bertz CT molecular complexity index is 477. The van der Waals surface area contributed by atoms with E-state index in [4.69, 9.17) is 0 Å². The Hall–Kier alpha value is -1.67. The first-order valence-electron chi connectivity index (χ1n) is 6.40. The van der Waals surface area contributed by atoms with E-state index in [0.717, 1.165) is 13.0 Å². The third-order valence-electron chi connectivity index (χ3n) is 3.06. The van der Waals surface area contributed by atoms with Crippen LogP contribution < -0.4 is 0 Å². The first-order valence-corrected chi connectivity index (χ1v) is 6.40. The molecule has 0 spiro atoms. The monoisotopic (exact) mass is 240 g/mol. The summed E-state index contributed by atoms with van der Waals surface area (Å²) in [6.07, 6.45) is 6.02. The summed E-state index contributed by atoms with van der Waals surface area (Å²) in [6.45, 7) is 1.13. The molecule has 94 valence electrons. The van der Waals surface area contributed by atoms with E-state index in [-0.39, 0.29) is 0 Å². The van der Waals surface area contributed by atoms with E-state index in [9.17, 15) is 0 Å². The maximum atomic E-state index is 4.08. The van der Waals surface area contributed by atoms with Crippen molar-refractivity contribution in [3.05, 3.63) is 54.4 Å². The van der Waals surface area contributed by atoms with Gasteiger partial charge in [0.25, 0.3) is 0 Å². The Morgan fingerprint density at radius 2 is 1.72 bits per heavy atom. The van der Waals surface area contributed by atoms with Crippen molar-refractivity contribution in [1.82, 2.24) is 9.88 Å². The lowest BCUT2D eigenvalue weighted by Gasteiger charge is -2.12. The Labute approximate surface area is 109 Å². The molecule has 2 rings (SSSR count). The second-order valence-corrected chi connectivity index (χ2v) is 4.80. The standard InChI is InChI=1S/C16H20N2/c1-18(2)13-5-7-14-6-3-4-8-16(14)15-9-11-17-12-10-15/h3-4,6,8-12H,5,7,13H2,1-2H3. The molecule has 0 aliphatic rings. The van der Waals surface area contributed by atoms with Crippen LogP contribution in [0.15, 0.2) is 48.8 Å². The molecule has 18 heavy (non-hydrogen) atoms. The molecule has 0 unspecified atom stereocenters. The molecule has 0 atom stereocenters. The van der Waals surface area contributed by atoms with Crippen LogP contribution in [0.2, 0.25) is 0 Å². The topological polar surface area (TPSA) is 16.1 Å². The maximum absolute atomic E-state index is 4.08. The summed E-state index contributed by atoms with van der Waals surface area (Å²) in [5.41, 5.74) is 4.01. The minimum atomic E-state index is 1.12. The van der Waals surface area contributed by atoms with E-state index in [1.165, 1.54) is 23.1 Å². The largest absolute Gasteiger partial charge is 0.309 e. The minimum absolute atomic E-state index is 1.12. The van der Waals surface area contributed by atoms with E-state index in [2.05, 4.69) is 60.4 Å². The number of hydrogen-bond acceptors (Lipinski definition) is 2. The number of aromatic nitrogens is 1. The average Bonchev–Trinajstić information content (AvgIpc) is 2.40. The van der Waals surface area contributed by atoms with Crippen molar-refractivity contribution in [2.24, 2.45) is 0 Å². The fourth-order valence-electron chi connectivity index (χ4n) is 2.14. The minimum Gasteiger partial charge on any atom is -0.309 e. The van der Waals surface area contributed by atoms with Crippen LogP contribution in [0, 0.1) is 0 Å². The molecule has 1 heterocycles. The van der Waals surface area contributed by atoms with E-state index >= 15 is 0 Å². The van der Waals surface area contributed by atoms with Gasteiger partial charge in [0.05, 0.1) is 0 Å². The molecule has 0 bridgehead atoms. The fraction of sp³-hybridized carbons (Fsp3) is 0.312. The highest BCUT2D eigenvalue weighted by Gasteiger charge is 2.04. The number of nitrogens with zero attached hydrogens (tertiary/aromatic N) is 2. The van der Waals surface area contributed by atoms with Crippen LogP contribution in [-0.4, -0.2) is 30.5 Å². The van der Waals surface area contributed by atoms with Gasteiger partial charge in [-0.25, -0.2) is 0 Å². The molecule has 2 aromatic rings. The molecule has 0 saturated heterocycles. The number of rotatable bonds is 5. The molecule has 0 amide bonds. The van der Waals surface area contributed by atoms with Crippen molar-refractivity contribution in [2.75, 3.05) is 20.6 Å². The van der Waals surface area contributed by atoms with Crippen LogP contribution in [0.5, 0.6) is 0 Å². The smallest absolute Gasteiger partial charge is 0.0273 e. The van der Waals surface area contributed by atoms with E-state index in [1.54, 1.807) is 0 Å². The molecule has 0 saturated carbocycles. The van der Waals surface area contributed by atoms with Gasteiger partial charge < -0.3 is 4.90 Å². The Kier molecular flexibility index (Phi) is 4.48. The quantitative estimate of drug-likeness (QED) is 0.797. The zero-order chi connectivity index (χ0) is 12.8. The van der Waals surface area contributed by atoms with Gasteiger partial charge in [-0.2, -0.15) is 0 Å². The maximum Gasteiger partial charge on any atom is 0.0273 e. The van der Waals surface area contributed by atoms with Crippen molar-refractivity contribution in [1.29, 1.82) is 0 Å². The Morgan fingerprint density at radius 1 is 1.00 bits per heavy atom. The van der Waals surface area contributed by atoms with Gasteiger partial charge in [0.2, 0.25) is 0 Å². The third-order valence-corrected chi connectivity index (χ3v) is 3.06. The summed E-state index contributed by atoms with van der Waals surface area (Å²) < 4.78 is 0. The lowest BCUT2D eigenvalue weighted by atomic mass is 9.97. The highest BCUT2D eigenvalue weighted by Crippen LogP contribution is 2.23. The highest BCUT2D eigenvalue weighted by molar-refractivity contribution is 5.66. The second kappa shape index (κ2) is 6.31. The van der Waals surface area contributed by atoms with Crippen molar-refractivity contribution < 1.29 is 0 Å². The highest BCUT2D eigenvalue weighted by atomic mass is 15.0. The fourth-order valence-corrected chi connectivity index (χ4v) is 2.14. The first-order chi connectivity index (χ1) is 8.77. The summed E-state index contributed by atoms with van der Waals surface area (Å²) in [7, 11) is 4.24. The van der Waals surface area contributed by atoms with Gasteiger partial charge in [0.1, 0.15) is 0 Å². The molecular weight excluding hydrogens is 220 g/mol. The van der Waals surface area contributed by atoms with Crippen molar-refractivity contribution in [3.8, 4) is 11.1 Å². The van der Waals surface area contributed by atoms with Gasteiger partial charge in [-0.05, 0) is 62.3 Å². The number of pyridine rings is 1. The summed E-state index contributed by atoms with van der Waals surface area (Å²) in [5.74, 6) is 0. The molecule has 0 N–H and O–H groups in total. The molecule has 1 aromatic heterocycles. The molecule has 2 heteroatoms. The molecule has 0 aliphatic carbocycles. The van der Waals surface area contributed by atoms with Crippen LogP contribution in [0.3, 0.4) is 0 Å².